The molecule has 3 rings (SSSR count). The van der Waals surface area contributed by atoms with E-state index in [1.165, 1.54) is 22.0 Å². The molecule has 2 aromatic heterocycles. The van der Waals surface area contributed by atoms with Crippen molar-refractivity contribution in [3.8, 4) is 0 Å². The SMILES string of the molecule is Cc1cccc(CCNC(=O)Cn2cnc3oc(C)c(C)c3c2=O)c1. The average molecular weight is 339 g/mol. The van der Waals surface area contributed by atoms with Gasteiger partial charge in [-0.3, -0.25) is 14.2 Å². The molecule has 3 aromatic rings. The number of carbonyl (C=O) groups is 1. The first-order valence-electron chi connectivity index (χ1n) is 8.23. The molecule has 0 atom stereocenters. The second-order valence-electron chi connectivity index (χ2n) is 6.23. The van der Waals surface area contributed by atoms with Gasteiger partial charge in [0.25, 0.3) is 5.56 Å². The zero-order valence-corrected chi connectivity index (χ0v) is 14.6. The molecular weight excluding hydrogens is 318 g/mol. The lowest BCUT2D eigenvalue weighted by molar-refractivity contribution is -0.121. The Hall–Kier alpha value is -2.89. The van der Waals surface area contributed by atoms with Crippen LogP contribution in [0.3, 0.4) is 0 Å². The van der Waals surface area contributed by atoms with Gasteiger partial charge in [0, 0.05) is 12.1 Å². The molecule has 0 saturated carbocycles. The molecule has 0 aliphatic rings. The third-order valence-corrected chi connectivity index (χ3v) is 4.29. The lowest BCUT2D eigenvalue weighted by atomic mass is 10.1. The lowest BCUT2D eigenvalue weighted by Crippen LogP contribution is -2.33. The molecule has 1 amide bonds. The summed E-state index contributed by atoms with van der Waals surface area (Å²) in [5.74, 6) is 0.453. The summed E-state index contributed by atoms with van der Waals surface area (Å²) in [4.78, 5) is 28.8. The predicted molar refractivity (Wildman–Crippen MR) is 95.6 cm³/mol. The third kappa shape index (κ3) is 3.63. The molecule has 2 heterocycles. The minimum absolute atomic E-state index is 0.0563. The molecule has 6 nitrogen and oxygen atoms in total. The van der Waals surface area contributed by atoms with Crippen LogP contribution in [0.15, 0.2) is 39.8 Å². The fraction of sp³-hybridized carbons (Fsp3) is 0.316. The first-order chi connectivity index (χ1) is 12.0. The Labute approximate surface area is 145 Å². The number of furan rings is 1. The molecule has 0 radical (unpaired) electrons. The number of hydrogen-bond donors (Lipinski definition) is 1. The van der Waals surface area contributed by atoms with Gasteiger partial charge in [-0.05, 0) is 32.8 Å². The van der Waals surface area contributed by atoms with Crippen LogP contribution in [-0.4, -0.2) is 22.0 Å². The summed E-state index contributed by atoms with van der Waals surface area (Å²) < 4.78 is 6.75. The summed E-state index contributed by atoms with van der Waals surface area (Å²) in [7, 11) is 0. The highest BCUT2D eigenvalue weighted by atomic mass is 16.3. The van der Waals surface area contributed by atoms with Crippen LogP contribution in [0.5, 0.6) is 0 Å². The highest BCUT2D eigenvalue weighted by molar-refractivity contribution is 5.79. The first-order valence-corrected chi connectivity index (χ1v) is 8.23. The molecule has 25 heavy (non-hydrogen) atoms. The minimum atomic E-state index is -0.256. The maximum absolute atomic E-state index is 12.5. The normalized spacial score (nSPS) is 11.0. The van der Waals surface area contributed by atoms with Crippen LogP contribution in [0.2, 0.25) is 0 Å². The number of amides is 1. The first kappa shape index (κ1) is 17.0. The summed E-state index contributed by atoms with van der Waals surface area (Å²) in [6, 6.07) is 8.17. The topological polar surface area (TPSA) is 77.1 Å². The van der Waals surface area contributed by atoms with Crippen molar-refractivity contribution in [2.24, 2.45) is 0 Å². The lowest BCUT2D eigenvalue weighted by Gasteiger charge is -2.07. The van der Waals surface area contributed by atoms with E-state index >= 15 is 0 Å². The summed E-state index contributed by atoms with van der Waals surface area (Å²) in [6.07, 6.45) is 2.10. The van der Waals surface area contributed by atoms with Crippen molar-refractivity contribution in [2.75, 3.05) is 6.54 Å². The van der Waals surface area contributed by atoms with E-state index < -0.39 is 0 Å². The van der Waals surface area contributed by atoms with Gasteiger partial charge in [-0.1, -0.05) is 29.8 Å². The molecule has 1 N–H and O–H groups in total. The number of nitrogens with zero attached hydrogens (tertiary/aromatic N) is 2. The van der Waals surface area contributed by atoms with Gasteiger partial charge in [0.2, 0.25) is 11.6 Å². The Morgan fingerprint density at radius 1 is 1.28 bits per heavy atom. The van der Waals surface area contributed by atoms with E-state index in [0.717, 1.165) is 12.0 Å². The molecule has 130 valence electrons. The molecule has 0 unspecified atom stereocenters. The molecule has 0 bridgehead atoms. The van der Waals surface area contributed by atoms with E-state index in [2.05, 4.69) is 16.4 Å². The monoisotopic (exact) mass is 339 g/mol. The standard InChI is InChI=1S/C19H21N3O3/c1-12-5-4-6-15(9-12)7-8-20-16(23)10-22-11-21-18-17(19(22)24)13(2)14(3)25-18/h4-6,9,11H,7-8,10H2,1-3H3,(H,20,23). The number of rotatable bonds is 5. The fourth-order valence-corrected chi connectivity index (χ4v) is 2.81. The Morgan fingerprint density at radius 2 is 2.08 bits per heavy atom. The largest absolute Gasteiger partial charge is 0.443 e. The maximum atomic E-state index is 12.5. The van der Waals surface area contributed by atoms with Crippen molar-refractivity contribution < 1.29 is 9.21 Å². The maximum Gasteiger partial charge on any atom is 0.265 e. The van der Waals surface area contributed by atoms with E-state index in [4.69, 9.17) is 4.42 Å². The smallest absolute Gasteiger partial charge is 0.265 e. The second-order valence-corrected chi connectivity index (χ2v) is 6.23. The summed E-state index contributed by atoms with van der Waals surface area (Å²) in [5, 5.41) is 3.28. The number of aryl methyl sites for hydroxylation is 3. The Bertz CT molecular complexity index is 985. The van der Waals surface area contributed by atoms with Crippen LogP contribution in [0, 0.1) is 20.8 Å². The van der Waals surface area contributed by atoms with Crippen LogP contribution in [-0.2, 0) is 17.8 Å². The molecule has 1 aromatic carbocycles. The second kappa shape index (κ2) is 6.93. The highest BCUT2D eigenvalue weighted by Gasteiger charge is 2.15. The van der Waals surface area contributed by atoms with Crippen molar-refractivity contribution in [1.29, 1.82) is 0 Å². The van der Waals surface area contributed by atoms with E-state index in [1.54, 1.807) is 6.92 Å². The van der Waals surface area contributed by atoms with Crippen molar-refractivity contribution >= 4 is 17.0 Å². The van der Waals surface area contributed by atoms with Gasteiger partial charge in [-0.2, -0.15) is 0 Å². The minimum Gasteiger partial charge on any atom is -0.443 e. The van der Waals surface area contributed by atoms with E-state index in [9.17, 15) is 9.59 Å². The quantitative estimate of drug-likeness (QED) is 0.773. The van der Waals surface area contributed by atoms with Gasteiger partial charge in [0.05, 0.1) is 0 Å². The summed E-state index contributed by atoms with van der Waals surface area (Å²) in [6.45, 7) is 6.11. The van der Waals surface area contributed by atoms with E-state index in [0.29, 0.717) is 23.4 Å². The molecule has 0 fully saturated rings. The molecule has 0 aliphatic heterocycles. The molecular formula is C19H21N3O3. The molecule has 0 spiro atoms. The van der Waals surface area contributed by atoms with Crippen molar-refractivity contribution in [3.63, 3.8) is 0 Å². The molecule has 6 heteroatoms. The summed E-state index contributed by atoms with van der Waals surface area (Å²) in [5.41, 5.74) is 3.19. The molecule has 0 saturated heterocycles. The van der Waals surface area contributed by atoms with Crippen LogP contribution in [0.4, 0.5) is 0 Å². The van der Waals surface area contributed by atoms with Gasteiger partial charge in [-0.25, -0.2) is 4.98 Å². The Balaban J connectivity index is 1.65. The van der Waals surface area contributed by atoms with Crippen molar-refractivity contribution in [1.82, 2.24) is 14.9 Å². The van der Waals surface area contributed by atoms with Gasteiger partial charge in [0.1, 0.15) is 24.0 Å². The van der Waals surface area contributed by atoms with Crippen molar-refractivity contribution in [3.05, 3.63) is 63.4 Å². The number of benzene rings is 1. The predicted octanol–water partition coefficient (Wildman–Crippen LogP) is 2.27. The van der Waals surface area contributed by atoms with Gasteiger partial charge >= 0.3 is 0 Å². The number of fused-ring (bicyclic) bond motifs is 1. The average Bonchev–Trinajstić information content (AvgIpc) is 2.86. The third-order valence-electron chi connectivity index (χ3n) is 4.29. The van der Waals surface area contributed by atoms with Crippen LogP contribution in [0.1, 0.15) is 22.5 Å². The number of hydrogen-bond acceptors (Lipinski definition) is 4. The Kier molecular flexibility index (Phi) is 4.70. The van der Waals surface area contributed by atoms with E-state index in [-0.39, 0.29) is 18.0 Å². The van der Waals surface area contributed by atoms with Gasteiger partial charge in [0.15, 0.2) is 0 Å². The van der Waals surface area contributed by atoms with Gasteiger partial charge < -0.3 is 9.73 Å². The van der Waals surface area contributed by atoms with Crippen molar-refractivity contribution in [2.45, 2.75) is 33.7 Å². The highest BCUT2D eigenvalue weighted by Crippen LogP contribution is 2.18. The fourth-order valence-electron chi connectivity index (χ4n) is 2.81. The van der Waals surface area contributed by atoms with Crippen LogP contribution < -0.4 is 10.9 Å². The number of carbonyl (C=O) groups excluding carboxylic acids is 1. The van der Waals surface area contributed by atoms with Crippen LogP contribution in [0.25, 0.3) is 11.1 Å². The number of nitrogens with one attached hydrogen (secondary N) is 1. The summed E-state index contributed by atoms with van der Waals surface area (Å²) >= 11 is 0. The Morgan fingerprint density at radius 3 is 2.84 bits per heavy atom. The molecule has 0 aliphatic carbocycles. The van der Waals surface area contributed by atoms with Gasteiger partial charge in [-0.15, -0.1) is 0 Å². The zero-order chi connectivity index (χ0) is 18.0. The zero-order valence-electron chi connectivity index (χ0n) is 14.6. The van der Waals surface area contributed by atoms with E-state index in [1.807, 2.05) is 32.0 Å². The van der Waals surface area contributed by atoms with Crippen LogP contribution >= 0.6 is 0 Å². The number of aromatic nitrogens is 2.